The van der Waals surface area contributed by atoms with E-state index in [1.54, 1.807) is 0 Å². The van der Waals surface area contributed by atoms with E-state index in [2.05, 4.69) is 11.3 Å². The van der Waals surface area contributed by atoms with Gasteiger partial charge in [-0.2, -0.15) is 18.4 Å². The van der Waals surface area contributed by atoms with Crippen molar-refractivity contribution in [3.63, 3.8) is 0 Å². The molecule has 1 aromatic rings. The Kier molecular flexibility index (Phi) is 3.95. The number of hydrogen-bond acceptors (Lipinski definition) is 3. The lowest BCUT2D eigenvalue weighted by Crippen LogP contribution is -2.14. The number of carbonyl (C=O) groups excluding carboxylic acids is 1. The molecule has 0 amide bonds. The van der Waals surface area contributed by atoms with Gasteiger partial charge in [-0.05, 0) is 12.1 Å². The summed E-state index contributed by atoms with van der Waals surface area (Å²) < 4.78 is 55.8. The molecular weight excluding hydrogens is 266 g/mol. The van der Waals surface area contributed by atoms with Crippen molar-refractivity contribution < 1.29 is 27.1 Å². The number of nitrogens with zero attached hydrogens (tertiary/aromatic N) is 1. The van der Waals surface area contributed by atoms with Crippen LogP contribution in [0, 0.1) is 17.1 Å². The zero-order valence-electron chi connectivity index (χ0n) is 9.64. The molecule has 0 N–H and O–H groups in total. The lowest BCUT2D eigenvalue weighted by molar-refractivity contribution is -0.140. The van der Waals surface area contributed by atoms with Crippen molar-refractivity contribution in [2.45, 2.75) is 6.18 Å². The Labute approximate surface area is 105 Å². The third-order valence-corrected chi connectivity index (χ3v) is 2.29. The van der Waals surface area contributed by atoms with Crippen molar-refractivity contribution in [3.05, 3.63) is 41.2 Å². The summed E-state index contributed by atoms with van der Waals surface area (Å²) in [5.41, 5.74) is -3.46. The molecule has 3 nitrogen and oxygen atoms in total. The Morgan fingerprint density at radius 3 is 2.42 bits per heavy atom. The Morgan fingerprint density at radius 2 is 2.00 bits per heavy atom. The number of ether oxygens (including phenoxy) is 1. The van der Waals surface area contributed by atoms with Crippen molar-refractivity contribution in [1.29, 1.82) is 5.26 Å². The number of nitriles is 1. The maximum absolute atomic E-state index is 13.8. The molecule has 0 radical (unpaired) electrons. The molecule has 0 unspecified atom stereocenters. The largest absolute Gasteiger partial charge is 0.465 e. The number of alkyl halides is 3. The fraction of sp³-hybridized carbons (Fsp3) is 0.167. The van der Waals surface area contributed by atoms with Crippen molar-refractivity contribution in [2.75, 3.05) is 7.11 Å². The van der Waals surface area contributed by atoms with Crippen molar-refractivity contribution >= 4 is 11.5 Å². The van der Waals surface area contributed by atoms with E-state index in [1.807, 2.05) is 0 Å². The van der Waals surface area contributed by atoms with Gasteiger partial charge in [0, 0.05) is 5.56 Å². The summed E-state index contributed by atoms with van der Waals surface area (Å²) >= 11 is 0. The molecule has 7 heteroatoms. The van der Waals surface area contributed by atoms with E-state index in [-0.39, 0.29) is 0 Å². The van der Waals surface area contributed by atoms with Crippen LogP contribution in [0.4, 0.5) is 17.6 Å². The number of rotatable bonds is 2. The van der Waals surface area contributed by atoms with E-state index in [0.29, 0.717) is 6.07 Å². The molecule has 0 spiro atoms. The topological polar surface area (TPSA) is 50.1 Å². The highest BCUT2D eigenvalue weighted by Crippen LogP contribution is 2.35. The van der Waals surface area contributed by atoms with Crippen molar-refractivity contribution in [3.8, 4) is 6.07 Å². The summed E-state index contributed by atoms with van der Waals surface area (Å²) in [7, 11) is 0.983. The van der Waals surface area contributed by atoms with Crippen LogP contribution in [-0.4, -0.2) is 13.1 Å². The van der Waals surface area contributed by atoms with E-state index in [0.717, 1.165) is 13.2 Å². The lowest BCUT2D eigenvalue weighted by Gasteiger charge is -2.13. The molecule has 0 saturated carbocycles. The molecule has 0 aliphatic carbocycles. The second-order valence-corrected chi connectivity index (χ2v) is 3.43. The van der Waals surface area contributed by atoms with E-state index in [9.17, 15) is 22.4 Å². The first-order chi connectivity index (χ1) is 8.73. The van der Waals surface area contributed by atoms with Crippen molar-refractivity contribution in [2.24, 2.45) is 0 Å². The van der Waals surface area contributed by atoms with Gasteiger partial charge >= 0.3 is 12.1 Å². The fourth-order valence-electron chi connectivity index (χ4n) is 1.43. The highest BCUT2D eigenvalue weighted by atomic mass is 19.4. The normalized spacial score (nSPS) is 10.7. The van der Waals surface area contributed by atoms with Crippen LogP contribution in [0.5, 0.6) is 0 Å². The molecule has 1 aromatic carbocycles. The molecule has 0 aromatic heterocycles. The number of methoxy groups -OCH3 is 1. The lowest BCUT2D eigenvalue weighted by atomic mass is 9.97. The van der Waals surface area contributed by atoms with E-state index in [1.165, 1.54) is 6.07 Å². The molecule has 0 aliphatic rings. The van der Waals surface area contributed by atoms with Crippen molar-refractivity contribution in [1.82, 2.24) is 0 Å². The number of benzene rings is 1. The molecular formula is C12H7F4NO2. The van der Waals surface area contributed by atoms with Gasteiger partial charge in [0.1, 0.15) is 5.82 Å². The summed E-state index contributed by atoms with van der Waals surface area (Å²) in [6.07, 6.45) is -4.94. The third kappa shape index (κ3) is 2.73. The van der Waals surface area contributed by atoms with Gasteiger partial charge in [-0.3, -0.25) is 0 Å². The zero-order chi connectivity index (χ0) is 14.8. The Morgan fingerprint density at radius 1 is 1.42 bits per heavy atom. The maximum Gasteiger partial charge on any atom is 0.419 e. The number of esters is 1. The summed E-state index contributed by atoms with van der Waals surface area (Å²) in [4.78, 5) is 11.3. The highest BCUT2D eigenvalue weighted by Gasteiger charge is 2.36. The second kappa shape index (κ2) is 5.10. The van der Waals surface area contributed by atoms with Crippen LogP contribution in [0.1, 0.15) is 21.5 Å². The number of halogens is 4. The molecule has 0 heterocycles. The summed E-state index contributed by atoms with van der Waals surface area (Å²) in [5, 5.41) is 8.64. The smallest absolute Gasteiger partial charge is 0.419 e. The number of carbonyl (C=O) groups is 1. The second-order valence-electron chi connectivity index (χ2n) is 3.43. The molecule has 0 atom stereocenters. The molecule has 0 fully saturated rings. The van der Waals surface area contributed by atoms with E-state index >= 15 is 0 Å². The first kappa shape index (κ1) is 14.7. The maximum atomic E-state index is 13.8. The molecule has 100 valence electrons. The SMILES string of the molecule is C=C(C#N)c1c(C(=O)OC)ccc(C(F)(F)F)c1F. The van der Waals surface area contributed by atoms with Gasteiger partial charge in [0.05, 0.1) is 29.9 Å². The average molecular weight is 273 g/mol. The Bertz CT molecular complexity index is 585. The minimum atomic E-state index is -4.94. The average Bonchev–Trinajstić information content (AvgIpc) is 2.34. The molecule has 19 heavy (non-hydrogen) atoms. The summed E-state index contributed by atoms with van der Waals surface area (Å²) in [6, 6.07) is 2.57. The first-order valence-electron chi connectivity index (χ1n) is 4.81. The first-order valence-corrected chi connectivity index (χ1v) is 4.81. The monoisotopic (exact) mass is 273 g/mol. The predicted octanol–water partition coefficient (Wildman–Crippen LogP) is 3.17. The number of allylic oxidation sites excluding steroid dienone is 1. The zero-order valence-corrected chi connectivity index (χ0v) is 9.64. The van der Waals surface area contributed by atoms with Gasteiger partial charge in [0.2, 0.25) is 0 Å². The number of hydrogen-bond donors (Lipinski definition) is 0. The minimum absolute atomic E-state index is 0.412. The fourth-order valence-corrected chi connectivity index (χ4v) is 1.43. The molecule has 1 rings (SSSR count). The summed E-state index contributed by atoms with van der Waals surface area (Å²) in [5.74, 6) is -2.78. The van der Waals surface area contributed by atoms with Crippen LogP contribution < -0.4 is 0 Å². The standard InChI is InChI=1S/C12H7F4NO2/c1-6(5-17)9-7(11(18)19-2)3-4-8(10(9)13)12(14,15)16/h3-4H,1H2,2H3. The van der Waals surface area contributed by atoms with Gasteiger partial charge in [-0.1, -0.05) is 6.58 Å². The van der Waals surface area contributed by atoms with E-state index < -0.39 is 40.2 Å². The van der Waals surface area contributed by atoms with Crippen LogP contribution in [0.25, 0.3) is 5.57 Å². The highest BCUT2D eigenvalue weighted by molar-refractivity contribution is 5.97. The van der Waals surface area contributed by atoms with Gasteiger partial charge < -0.3 is 4.74 Å². The molecule has 0 saturated heterocycles. The van der Waals surface area contributed by atoms with Gasteiger partial charge in [-0.25, -0.2) is 9.18 Å². The minimum Gasteiger partial charge on any atom is -0.465 e. The van der Waals surface area contributed by atoms with E-state index in [4.69, 9.17) is 5.26 Å². The van der Waals surface area contributed by atoms with Crippen LogP contribution in [-0.2, 0) is 10.9 Å². The van der Waals surface area contributed by atoms with Gasteiger partial charge in [0.15, 0.2) is 0 Å². The molecule has 0 bridgehead atoms. The van der Waals surface area contributed by atoms with Gasteiger partial charge in [0.25, 0.3) is 0 Å². The van der Waals surface area contributed by atoms with Crippen LogP contribution in [0.15, 0.2) is 18.7 Å². The van der Waals surface area contributed by atoms with Crippen LogP contribution in [0.2, 0.25) is 0 Å². The summed E-state index contributed by atoms with van der Waals surface area (Å²) in [6.45, 7) is 3.13. The van der Waals surface area contributed by atoms with Gasteiger partial charge in [-0.15, -0.1) is 0 Å². The molecule has 0 aliphatic heterocycles. The van der Waals surface area contributed by atoms with Crippen LogP contribution >= 0.6 is 0 Å². The quantitative estimate of drug-likeness (QED) is 0.472. The predicted molar refractivity (Wildman–Crippen MR) is 57.4 cm³/mol. The Balaban J connectivity index is 3.65. The van der Waals surface area contributed by atoms with Crippen LogP contribution in [0.3, 0.4) is 0 Å². The third-order valence-electron chi connectivity index (χ3n) is 2.29. The Hall–Kier alpha value is -2.36.